The van der Waals surface area contributed by atoms with Gasteiger partial charge in [-0.25, -0.2) is 4.68 Å². The van der Waals surface area contributed by atoms with Crippen molar-refractivity contribution in [1.29, 1.82) is 0 Å². The van der Waals surface area contributed by atoms with Crippen LogP contribution in [0.3, 0.4) is 0 Å². The number of aryl methyl sites for hydroxylation is 2. The number of carbonyl (C=O) groups excluding carboxylic acids is 1. The number of amides is 1. The molecule has 0 unspecified atom stereocenters. The molecule has 0 saturated heterocycles. The highest BCUT2D eigenvalue weighted by atomic mass is 16.5. The second-order valence-corrected chi connectivity index (χ2v) is 7.63. The van der Waals surface area contributed by atoms with E-state index in [2.05, 4.69) is 20.8 Å². The lowest BCUT2D eigenvalue weighted by Gasteiger charge is -2.27. The average molecular weight is 385 g/mol. The Morgan fingerprint density at radius 2 is 2.11 bits per heavy atom. The lowest BCUT2D eigenvalue weighted by Crippen LogP contribution is -2.29. The van der Waals surface area contributed by atoms with Crippen LogP contribution < -0.4 is 10.1 Å². The van der Waals surface area contributed by atoms with E-state index in [1.54, 1.807) is 0 Å². The zero-order valence-corrected chi connectivity index (χ0v) is 16.0. The summed E-state index contributed by atoms with van der Waals surface area (Å²) in [5.41, 5.74) is 2.02. The summed E-state index contributed by atoms with van der Waals surface area (Å²) < 4.78 is 7.69. The van der Waals surface area contributed by atoms with Crippen LogP contribution in [0.1, 0.15) is 62.4 Å². The summed E-state index contributed by atoms with van der Waals surface area (Å²) in [7, 11) is 0. The van der Waals surface area contributed by atoms with E-state index in [0.717, 1.165) is 74.2 Å². The molecule has 8 nitrogen and oxygen atoms in total. The predicted octanol–water partition coefficient (Wildman–Crippen LogP) is 2.44. The van der Waals surface area contributed by atoms with Crippen molar-refractivity contribution >= 4 is 11.6 Å². The van der Waals surface area contributed by atoms with Crippen molar-refractivity contribution < 1.29 is 14.6 Å². The van der Waals surface area contributed by atoms with Crippen LogP contribution in [0.15, 0.2) is 18.2 Å². The van der Waals surface area contributed by atoms with E-state index < -0.39 is 0 Å². The molecule has 2 heterocycles. The fourth-order valence-corrected chi connectivity index (χ4v) is 4.04. The first-order chi connectivity index (χ1) is 13.7. The van der Waals surface area contributed by atoms with Crippen LogP contribution in [-0.2, 0) is 17.6 Å². The van der Waals surface area contributed by atoms with E-state index in [-0.39, 0.29) is 18.1 Å². The van der Waals surface area contributed by atoms with E-state index in [1.807, 2.05) is 22.9 Å². The third kappa shape index (κ3) is 4.32. The number of carbonyl (C=O) groups is 1. The Hall–Kier alpha value is -2.48. The summed E-state index contributed by atoms with van der Waals surface area (Å²) in [5, 5.41) is 25.2. The van der Waals surface area contributed by atoms with Gasteiger partial charge in [0.05, 0.1) is 18.8 Å². The fraction of sp³-hybridized carbons (Fsp3) is 0.600. The molecule has 2 aromatic rings. The molecule has 0 radical (unpaired) electrons. The van der Waals surface area contributed by atoms with E-state index in [4.69, 9.17) is 4.74 Å². The standard InChI is InChI=1S/C20H27N5O3/c26-18-6-2-1-5-17(18)25-19(22-23-24-25)7-3-4-12-28-15-9-10-16-14(13-15)8-11-20(27)21-16/h9-10,13,17-18,26H,1-8,11-12H2,(H,21,27)/t17-,18-/m0/s1. The smallest absolute Gasteiger partial charge is 0.224 e. The number of nitrogens with zero attached hydrogens (tertiary/aromatic N) is 4. The van der Waals surface area contributed by atoms with Crippen LogP contribution in [-0.4, -0.2) is 43.9 Å². The number of aliphatic hydroxyl groups is 1. The minimum atomic E-state index is -0.354. The molecule has 2 aliphatic rings. The zero-order valence-electron chi connectivity index (χ0n) is 16.0. The van der Waals surface area contributed by atoms with Crippen LogP contribution in [0.2, 0.25) is 0 Å². The monoisotopic (exact) mass is 385 g/mol. The normalized spacial score (nSPS) is 21.8. The first kappa shape index (κ1) is 18.9. The number of unbranched alkanes of at least 4 members (excludes halogenated alkanes) is 1. The number of benzene rings is 1. The fourth-order valence-electron chi connectivity index (χ4n) is 4.04. The molecule has 1 aromatic carbocycles. The number of hydrogen-bond acceptors (Lipinski definition) is 6. The maximum Gasteiger partial charge on any atom is 0.224 e. The Morgan fingerprint density at radius 3 is 3.00 bits per heavy atom. The number of tetrazole rings is 1. The van der Waals surface area contributed by atoms with Gasteiger partial charge in [0, 0.05) is 18.5 Å². The maximum absolute atomic E-state index is 11.4. The Bertz CT molecular complexity index is 822. The van der Waals surface area contributed by atoms with Gasteiger partial charge < -0.3 is 15.2 Å². The highest BCUT2D eigenvalue weighted by Gasteiger charge is 2.27. The number of rotatable bonds is 7. The highest BCUT2D eigenvalue weighted by Crippen LogP contribution is 2.29. The summed E-state index contributed by atoms with van der Waals surface area (Å²) >= 11 is 0. The maximum atomic E-state index is 11.4. The number of nitrogens with one attached hydrogen (secondary N) is 1. The van der Waals surface area contributed by atoms with E-state index in [1.165, 1.54) is 0 Å². The molecule has 0 spiro atoms. The minimum absolute atomic E-state index is 0.00554. The van der Waals surface area contributed by atoms with Crippen LogP contribution in [0, 0.1) is 0 Å². The third-order valence-electron chi connectivity index (χ3n) is 5.60. The molecule has 150 valence electrons. The van der Waals surface area contributed by atoms with Crippen molar-refractivity contribution in [3.05, 3.63) is 29.6 Å². The van der Waals surface area contributed by atoms with Crippen molar-refractivity contribution in [3.8, 4) is 5.75 Å². The molecule has 1 aliphatic carbocycles. The summed E-state index contributed by atoms with van der Waals surface area (Å²) in [4.78, 5) is 11.4. The summed E-state index contributed by atoms with van der Waals surface area (Å²) in [5.74, 6) is 1.75. The van der Waals surface area contributed by atoms with E-state index in [0.29, 0.717) is 13.0 Å². The van der Waals surface area contributed by atoms with Gasteiger partial charge in [-0.1, -0.05) is 12.8 Å². The molecule has 4 rings (SSSR count). The van der Waals surface area contributed by atoms with Crippen LogP contribution in [0.25, 0.3) is 0 Å². The molecule has 1 amide bonds. The molecule has 1 aromatic heterocycles. The molecule has 1 aliphatic heterocycles. The van der Waals surface area contributed by atoms with Crippen molar-refractivity contribution in [1.82, 2.24) is 20.2 Å². The van der Waals surface area contributed by atoms with E-state index >= 15 is 0 Å². The van der Waals surface area contributed by atoms with Gasteiger partial charge in [0.15, 0.2) is 5.82 Å². The lowest BCUT2D eigenvalue weighted by atomic mass is 9.92. The minimum Gasteiger partial charge on any atom is -0.494 e. The van der Waals surface area contributed by atoms with E-state index in [9.17, 15) is 9.90 Å². The SMILES string of the molecule is O=C1CCc2cc(OCCCCc3nnnn3[C@H]3CCCC[C@@H]3O)ccc2N1. The van der Waals surface area contributed by atoms with Gasteiger partial charge in [0.25, 0.3) is 0 Å². The van der Waals surface area contributed by atoms with Crippen molar-refractivity contribution in [2.24, 2.45) is 0 Å². The number of aliphatic hydroxyl groups excluding tert-OH is 1. The van der Waals surface area contributed by atoms with Gasteiger partial charge >= 0.3 is 0 Å². The predicted molar refractivity (Wildman–Crippen MR) is 103 cm³/mol. The average Bonchev–Trinajstić information content (AvgIpc) is 3.16. The third-order valence-corrected chi connectivity index (χ3v) is 5.60. The molecule has 0 bridgehead atoms. The number of ether oxygens (including phenoxy) is 1. The van der Waals surface area contributed by atoms with Gasteiger partial charge in [0.2, 0.25) is 5.91 Å². The summed E-state index contributed by atoms with van der Waals surface area (Å²) in [6, 6.07) is 5.83. The topological polar surface area (TPSA) is 102 Å². The van der Waals surface area contributed by atoms with Gasteiger partial charge in [-0.2, -0.15) is 0 Å². The Balaban J connectivity index is 1.24. The van der Waals surface area contributed by atoms with Crippen LogP contribution >= 0.6 is 0 Å². The first-order valence-corrected chi connectivity index (χ1v) is 10.2. The molecule has 1 fully saturated rings. The summed E-state index contributed by atoms with van der Waals surface area (Å²) in [6.45, 7) is 0.624. The van der Waals surface area contributed by atoms with Crippen LogP contribution in [0.5, 0.6) is 5.75 Å². The Kier molecular flexibility index (Phi) is 5.85. The quantitative estimate of drug-likeness (QED) is 0.710. The molecule has 1 saturated carbocycles. The van der Waals surface area contributed by atoms with Crippen molar-refractivity contribution in [2.75, 3.05) is 11.9 Å². The van der Waals surface area contributed by atoms with Crippen molar-refractivity contribution in [2.45, 2.75) is 69.9 Å². The molecule has 28 heavy (non-hydrogen) atoms. The van der Waals surface area contributed by atoms with Gasteiger partial charge in [-0.3, -0.25) is 4.79 Å². The number of aromatic nitrogens is 4. The molecule has 2 atom stereocenters. The van der Waals surface area contributed by atoms with Gasteiger partial charge in [-0.05, 0) is 66.3 Å². The van der Waals surface area contributed by atoms with Gasteiger partial charge in [-0.15, -0.1) is 5.10 Å². The first-order valence-electron chi connectivity index (χ1n) is 10.2. The highest BCUT2D eigenvalue weighted by molar-refractivity contribution is 5.93. The lowest BCUT2D eigenvalue weighted by molar-refractivity contribution is -0.116. The molecule has 8 heteroatoms. The van der Waals surface area contributed by atoms with Gasteiger partial charge in [0.1, 0.15) is 5.75 Å². The molecular formula is C20H27N5O3. The zero-order chi connectivity index (χ0) is 19.3. The number of fused-ring (bicyclic) bond motifs is 1. The summed E-state index contributed by atoms with van der Waals surface area (Å²) in [6.07, 6.45) is 7.46. The second kappa shape index (κ2) is 8.68. The van der Waals surface area contributed by atoms with Crippen LogP contribution in [0.4, 0.5) is 5.69 Å². The Labute approximate surface area is 164 Å². The number of hydrogen-bond donors (Lipinski definition) is 2. The van der Waals surface area contributed by atoms with Crippen molar-refractivity contribution in [3.63, 3.8) is 0 Å². The second-order valence-electron chi connectivity index (χ2n) is 7.63. The molecule has 2 N–H and O–H groups in total. The number of anilines is 1. The molecular weight excluding hydrogens is 358 g/mol. The largest absolute Gasteiger partial charge is 0.494 e. The Morgan fingerprint density at radius 1 is 1.21 bits per heavy atom.